The monoisotopic (exact) mass is 1300 g/mol. The second kappa shape index (κ2) is 63.7. The number of benzene rings is 2. The number of carboxylic acids is 2. The van der Waals surface area contributed by atoms with Gasteiger partial charge in [0.15, 0.2) is 0 Å². The molecule has 0 aliphatic carbocycles. The number of aromatic nitrogens is 3. The van der Waals surface area contributed by atoms with Gasteiger partial charge in [0.05, 0.1) is 67.3 Å². The fourth-order valence-electron chi connectivity index (χ4n) is 5.07. The van der Waals surface area contributed by atoms with Crippen LogP contribution in [-0.4, -0.2) is 81.9 Å². The minimum atomic E-state index is -0.902. The lowest BCUT2D eigenvalue weighted by Crippen LogP contribution is -2.08. The molecule has 484 valence electrons. The maximum atomic E-state index is 12.6. The maximum absolute atomic E-state index is 12.6. The first-order chi connectivity index (χ1) is 41.5. The zero-order valence-corrected chi connectivity index (χ0v) is 57.6. The average molecular weight is 1310 g/mol. The van der Waals surface area contributed by atoms with Crippen molar-refractivity contribution in [3.8, 4) is 34.9 Å². The number of nitrogens with zero attached hydrogens (tertiary/aromatic N) is 4. The average Bonchev–Trinajstić information content (AvgIpc) is 4.27. The number of unbranched alkanes of at least 4 members (excludes halogenated alkanes) is 2. The molecule has 4 heterocycles. The number of aromatic carboxylic acids is 1. The summed E-state index contributed by atoms with van der Waals surface area (Å²) in [6.07, 6.45) is 24.2. The van der Waals surface area contributed by atoms with Crippen molar-refractivity contribution in [2.24, 2.45) is 5.41 Å². The van der Waals surface area contributed by atoms with Crippen LogP contribution in [0.3, 0.4) is 0 Å². The first kappa shape index (κ1) is 89.0. The molecule has 0 fully saturated rings. The molecule has 0 atom stereocenters. The first-order valence-electron chi connectivity index (χ1n) is 28.2. The van der Waals surface area contributed by atoms with Crippen LogP contribution in [0.15, 0.2) is 151 Å². The number of aliphatic carboxylic acids is 1. The molecular formula is C67H96Cl3FN4O10S2. The Balaban J connectivity index is -0.000000290. The van der Waals surface area contributed by atoms with Crippen molar-refractivity contribution < 1.29 is 53.0 Å². The normalized spacial score (nSPS) is 9.51. The number of ether oxygens (including phenoxy) is 5. The highest BCUT2D eigenvalue weighted by Gasteiger charge is 2.11. The molecule has 14 nitrogen and oxygen atoms in total. The summed E-state index contributed by atoms with van der Waals surface area (Å²) >= 11 is 20.0. The number of aliphatic hydroxyl groups excluding tert-OH is 1. The van der Waals surface area contributed by atoms with Crippen LogP contribution >= 0.6 is 57.5 Å². The second-order valence-corrected chi connectivity index (χ2v) is 20.5. The van der Waals surface area contributed by atoms with Gasteiger partial charge < -0.3 is 39.0 Å². The molecule has 20 heteroatoms. The van der Waals surface area contributed by atoms with Crippen LogP contribution in [0.25, 0.3) is 0 Å². The molecule has 0 amide bonds. The third kappa shape index (κ3) is 60.7. The largest absolute Gasteiger partial charge is 0.493 e. The van der Waals surface area contributed by atoms with Gasteiger partial charge in [0.1, 0.15) is 44.8 Å². The molecule has 87 heavy (non-hydrogen) atoms. The molecule has 0 saturated carbocycles. The smallest absolute Gasteiger partial charge is 0.346 e. The van der Waals surface area contributed by atoms with Gasteiger partial charge >= 0.3 is 11.9 Å². The topological polar surface area (TPSA) is 203 Å². The molecule has 2 aromatic carbocycles. The van der Waals surface area contributed by atoms with Crippen LogP contribution in [0, 0.1) is 22.6 Å². The fraction of sp³-hybridized carbons (Fsp3) is 0.403. The van der Waals surface area contributed by atoms with Crippen molar-refractivity contribution in [2.45, 2.75) is 136 Å². The predicted molar refractivity (Wildman–Crippen MR) is 364 cm³/mol. The molecule has 0 unspecified atom stereocenters. The number of allylic oxidation sites excluding steroid dienone is 5. The molecule has 0 radical (unpaired) electrons. The Morgan fingerprint density at radius 3 is 1.70 bits per heavy atom. The lowest BCUT2D eigenvalue weighted by molar-refractivity contribution is -0.131. The lowest BCUT2D eigenvalue weighted by atomic mass is 9.88. The maximum Gasteiger partial charge on any atom is 0.346 e. The summed E-state index contributed by atoms with van der Waals surface area (Å²) in [5.41, 5.74) is 3.99. The van der Waals surface area contributed by atoms with Crippen LogP contribution in [0.2, 0.25) is 15.1 Å². The Labute approximate surface area is 543 Å². The van der Waals surface area contributed by atoms with Crippen molar-refractivity contribution in [3.63, 3.8) is 0 Å². The number of pyridine rings is 2. The van der Waals surface area contributed by atoms with E-state index in [1.165, 1.54) is 72.7 Å². The van der Waals surface area contributed by atoms with E-state index in [9.17, 15) is 14.0 Å². The molecule has 0 spiro atoms. The molecule has 3 N–H and O–H groups in total. The molecule has 6 rings (SSSR count). The summed E-state index contributed by atoms with van der Waals surface area (Å²) in [5.74, 6) is 1.00. The van der Waals surface area contributed by atoms with Crippen LogP contribution in [0.4, 0.5) is 4.39 Å². The SMILES string of the molecule is C/C=C/C.C/C=C/C(=O)O.C/C=C/CO.C=CC.CC(C)(C)Cc1ccc(Cl)cc1.CCCCC.CCCOc1cc(F)ccc1Cl.CCOc1ccncc1Cl.CCOc1cncc(C#N)c1.CCOc1csc(C(=O)O)c1.CCOc1cscn1. The molecule has 0 saturated heterocycles. The zero-order valence-electron chi connectivity index (χ0n) is 53.7. The highest BCUT2D eigenvalue weighted by molar-refractivity contribution is 7.12. The minimum Gasteiger partial charge on any atom is -0.493 e. The van der Waals surface area contributed by atoms with Crippen molar-refractivity contribution in [3.05, 3.63) is 188 Å². The van der Waals surface area contributed by atoms with Crippen LogP contribution in [-0.2, 0) is 11.2 Å². The third-order valence-corrected chi connectivity index (χ3v) is 11.0. The van der Waals surface area contributed by atoms with E-state index in [0.29, 0.717) is 81.9 Å². The number of hydrogen-bond donors (Lipinski definition) is 3. The van der Waals surface area contributed by atoms with Gasteiger partial charge in [-0.3, -0.25) is 9.97 Å². The molecule has 4 aromatic heterocycles. The number of thiophene rings is 1. The summed E-state index contributed by atoms with van der Waals surface area (Å²) in [6, 6.07) is 19.1. The van der Waals surface area contributed by atoms with Gasteiger partial charge in [-0.1, -0.05) is 144 Å². The Morgan fingerprint density at radius 1 is 0.701 bits per heavy atom. The van der Waals surface area contributed by atoms with Gasteiger partial charge in [0, 0.05) is 59.3 Å². The number of rotatable bonds is 17. The molecule has 6 aromatic rings. The second-order valence-electron chi connectivity index (χ2n) is 17.6. The van der Waals surface area contributed by atoms with Gasteiger partial charge in [0.2, 0.25) is 5.88 Å². The van der Waals surface area contributed by atoms with Gasteiger partial charge in [0.25, 0.3) is 0 Å². The van der Waals surface area contributed by atoms with Crippen LogP contribution in [0.1, 0.15) is 150 Å². The van der Waals surface area contributed by atoms with E-state index in [-0.39, 0.29) is 12.4 Å². The van der Waals surface area contributed by atoms with Crippen LogP contribution < -0.4 is 23.7 Å². The van der Waals surface area contributed by atoms with E-state index in [2.05, 4.69) is 68.3 Å². The highest BCUT2D eigenvalue weighted by atomic mass is 35.5. The van der Waals surface area contributed by atoms with Gasteiger partial charge in [-0.05, 0) is 110 Å². The number of aliphatic hydroxyl groups is 1. The summed E-state index contributed by atoms with van der Waals surface area (Å²) in [5, 5.41) is 38.2. The van der Waals surface area contributed by atoms with Crippen molar-refractivity contribution >= 4 is 69.4 Å². The summed E-state index contributed by atoms with van der Waals surface area (Å²) < 4.78 is 38.3. The van der Waals surface area contributed by atoms with E-state index in [4.69, 9.17) is 79.1 Å². The summed E-state index contributed by atoms with van der Waals surface area (Å²) in [6.45, 7) is 36.7. The molecule has 0 aliphatic heterocycles. The number of carbonyl (C=O) groups is 2. The third-order valence-electron chi connectivity index (χ3n) is 8.68. The number of hydrogen-bond acceptors (Lipinski definition) is 14. The molecule has 0 bridgehead atoms. The van der Waals surface area contributed by atoms with Gasteiger partial charge in [-0.2, -0.15) is 5.26 Å². The number of thiazole rings is 1. The Bertz CT molecular complexity index is 2690. The van der Waals surface area contributed by atoms with Crippen molar-refractivity contribution in [1.29, 1.82) is 5.26 Å². The van der Waals surface area contributed by atoms with Crippen molar-refractivity contribution in [2.75, 3.05) is 39.6 Å². The number of halogens is 4. The number of carboxylic acid groups (broad SMARTS) is 2. The van der Waals surface area contributed by atoms with E-state index < -0.39 is 11.9 Å². The Hall–Kier alpha value is -6.78. The lowest BCUT2D eigenvalue weighted by Gasteiger charge is -2.17. The predicted octanol–water partition coefficient (Wildman–Crippen LogP) is 20.2. The molecular weight excluding hydrogens is 1210 g/mol. The van der Waals surface area contributed by atoms with E-state index in [0.717, 1.165) is 29.8 Å². The summed E-state index contributed by atoms with van der Waals surface area (Å²) in [4.78, 5) is 31.7. The fourth-order valence-corrected chi connectivity index (χ4v) is 6.68. The Kier molecular flexibility index (Phi) is 65.2. The standard InChI is InChI=1S/C11H15Cl.C9H10ClFO.C8H8N2O.C7H8ClNO.C7H8O3S.C5H7NOS.C5H12.C4H6O2.C4H8O.C4H8.C3H6/c1-11(2,3)8-9-4-6-10(12)7-5-9;1-2-5-12-9-6-7(11)3-4-8(9)10;1-2-11-8-3-7(4-9)5-10-6-8;1-2-10-7-3-4-9-5-6(7)8;1-2-10-5-3-6(7(8)9)11-4-5;1-2-7-5-3-8-4-6-5;1-3-5-4-2;1-2-3-4(5)6;1-2-3-4-5;1-3-4-2;1-3-2/h4-7H,8H2,1-3H3;3-4,6H,2,5H2,1H3;3,5-6H,2H2,1H3;3-5H,2H2,1H3;3-4H,2H2,1H3,(H,8,9);3-4H,2H2,1H3;3-5H2,1-2H3;2-3H,1H3,(H,5,6);2-3,5H,4H2,1H3;3-4H,1-2H3;3H,1H2,2H3/b;;;;;;;2*3-2+;4-3+;. The minimum absolute atomic E-state index is 0.163. The Morgan fingerprint density at radius 2 is 1.30 bits per heavy atom. The van der Waals surface area contributed by atoms with Crippen molar-refractivity contribution in [1.82, 2.24) is 15.0 Å². The van der Waals surface area contributed by atoms with Crippen LogP contribution in [0.5, 0.6) is 28.9 Å². The molecule has 0 aliphatic rings. The zero-order chi connectivity index (χ0) is 67.1. The quantitative estimate of drug-likeness (QED) is 0.0574. The highest BCUT2D eigenvalue weighted by Crippen LogP contribution is 2.26. The van der Waals surface area contributed by atoms with E-state index in [1.807, 2.05) is 98.0 Å². The first-order valence-corrected chi connectivity index (χ1v) is 31.2. The summed E-state index contributed by atoms with van der Waals surface area (Å²) in [7, 11) is 0. The van der Waals surface area contributed by atoms with E-state index in [1.54, 1.807) is 78.1 Å². The van der Waals surface area contributed by atoms with Gasteiger partial charge in [-0.15, -0.1) is 29.3 Å². The number of nitriles is 1. The van der Waals surface area contributed by atoms with E-state index >= 15 is 0 Å². The van der Waals surface area contributed by atoms with Gasteiger partial charge in [-0.25, -0.2) is 19.0 Å².